The number of amides is 1. The molecule has 0 spiro atoms. The molecule has 0 saturated carbocycles. The number of fused-ring (bicyclic) bond motifs is 1. The average molecular weight is 329 g/mol. The molecule has 0 fully saturated rings. The average Bonchev–Trinajstić information content (AvgIpc) is 2.61. The van der Waals surface area contributed by atoms with E-state index in [1.807, 2.05) is 18.2 Å². The Kier molecular flexibility index (Phi) is 4.69. The van der Waals surface area contributed by atoms with Crippen LogP contribution in [-0.2, 0) is 6.42 Å². The Bertz CT molecular complexity index is 760. The van der Waals surface area contributed by atoms with Crippen molar-refractivity contribution in [1.82, 2.24) is 5.32 Å². The highest BCUT2D eigenvalue weighted by molar-refractivity contribution is 5.94. The quantitative estimate of drug-likeness (QED) is 0.931. The van der Waals surface area contributed by atoms with Crippen LogP contribution in [0, 0.1) is 5.82 Å². The van der Waals surface area contributed by atoms with Crippen molar-refractivity contribution in [2.45, 2.75) is 25.3 Å². The van der Waals surface area contributed by atoms with Gasteiger partial charge in [-0.05, 0) is 60.7 Å². The predicted octanol–water partition coefficient (Wildman–Crippen LogP) is 3.65. The summed E-state index contributed by atoms with van der Waals surface area (Å²) in [5, 5.41) is 3.01. The van der Waals surface area contributed by atoms with E-state index < -0.39 is 5.82 Å². The van der Waals surface area contributed by atoms with Gasteiger partial charge in [-0.3, -0.25) is 4.79 Å². The summed E-state index contributed by atoms with van der Waals surface area (Å²) >= 11 is 0. The second-order valence-electron chi connectivity index (χ2n) is 5.83. The van der Waals surface area contributed by atoms with Crippen molar-refractivity contribution < 1.29 is 18.7 Å². The normalized spacial score (nSPS) is 16.2. The summed E-state index contributed by atoms with van der Waals surface area (Å²) in [5.74, 6) is 0.115. The van der Waals surface area contributed by atoms with Gasteiger partial charge in [-0.1, -0.05) is 6.07 Å². The number of nitrogens with one attached hydrogen (secondary N) is 1. The minimum Gasteiger partial charge on any atom is -0.497 e. The summed E-state index contributed by atoms with van der Waals surface area (Å²) in [4.78, 5) is 12.5. The molecule has 1 aliphatic carbocycles. The Labute approximate surface area is 140 Å². The van der Waals surface area contributed by atoms with E-state index in [4.69, 9.17) is 9.47 Å². The standard InChI is InChI=1S/C19H20FNO3/c1-23-14-7-8-15-12(10-14)4-3-5-17(15)21-19(22)13-6-9-18(24-2)16(20)11-13/h6-11,17H,3-5H2,1-2H3,(H,21,22). The van der Waals surface area contributed by atoms with E-state index in [9.17, 15) is 9.18 Å². The lowest BCUT2D eigenvalue weighted by atomic mass is 9.87. The van der Waals surface area contributed by atoms with Crippen LogP contribution >= 0.6 is 0 Å². The first-order valence-electron chi connectivity index (χ1n) is 7.93. The van der Waals surface area contributed by atoms with Gasteiger partial charge < -0.3 is 14.8 Å². The van der Waals surface area contributed by atoms with Crippen LogP contribution in [-0.4, -0.2) is 20.1 Å². The fraction of sp³-hybridized carbons (Fsp3) is 0.316. The topological polar surface area (TPSA) is 47.6 Å². The summed E-state index contributed by atoms with van der Waals surface area (Å²) in [6, 6.07) is 10.1. The molecule has 0 radical (unpaired) electrons. The Hall–Kier alpha value is -2.56. The van der Waals surface area contributed by atoms with Crippen LogP contribution in [0.3, 0.4) is 0 Å². The number of carbonyl (C=O) groups excluding carboxylic acids is 1. The van der Waals surface area contributed by atoms with Crippen molar-refractivity contribution in [1.29, 1.82) is 0 Å². The molecule has 0 aliphatic heterocycles. The highest BCUT2D eigenvalue weighted by Gasteiger charge is 2.23. The Morgan fingerprint density at radius 2 is 2.00 bits per heavy atom. The van der Waals surface area contributed by atoms with Gasteiger partial charge in [0.05, 0.1) is 20.3 Å². The molecule has 1 amide bonds. The summed E-state index contributed by atoms with van der Waals surface area (Å²) in [5.41, 5.74) is 2.57. The number of hydrogen-bond acceptors (Lipinski definition) is 3. The second kappa shape index (κ2) is 6.91. The number of halogens is 1. The Morgan fingerprint density at radius 1 is 1.17 bits per heavy atom. The molecule has 126 valence electrons. The van der Waals surface area contributed by atoms with Crippen molar-refractivity contribution in [2.75, 3.05) is 14.2 Å². The van der Waals surface area contributed by atoms with Crippen molar-refractivity contribution in [3.05, 3.63) is 58.9 Å². The number of ether oxygens (including phenoxy) is 2. The molecule has 1 unspecified atom stereocenters. The number of aryl methyl sites for hydroxylation is 1. The number of rotatable bonds is 4. The number of hydrogen-bond donors (Lipinski definition) is 1. The van der Waals surface area contributed by atoms with Crippen LogP contribution in [0.15, 0.2) is 36.4 Å². The summed E-state index contributed by atoms with van der Waals surface area (Å²) in [6.07, 6.45) is 2.82. The molecule has 24 heavy (non-hydrogen) atoms. The molecule has 0 saturated heterocycles. The molecule has 1 atom stereocenters. The Balaban J connectivity index is 1.80. The van der Waals surface area contributed by atoms with Crippen molar-refractivity contribution in [2.24, 2.45) is 0 Å². The highest BCUT2D eigenvalue weighted by atomic mass is 19.1. The van der Waals surface area contributed by atoms with Gasteiger partial charge in [0, 0.05) is 5.56 Å². The second-order valence-corrected chi connectivity index (χ2v) is 5.83. The van der Waals surface area contributed by atoms with Gasteiger partial charge >= 0.3 is 0 Å². The van der Waals surface area contributed by atoms with Crippen LogP contribution in [0.25, 0.3) is 0 Å². The monoisotopic (exact) mass is 329 g/mol. The fourth-order valence-electron chi connectivity index (χ4n) is 3.12. The molecule has 1 N–H and O–H groups in total. The van der Waals surface area contributed by atoms with Gasteiger partial charge in [-0.2, -0.15) is 0 Å². The van der Waals surface area contributed by atoms with Crippen LogP contribution in [0.2, 0.25) is 0 Å². The van der Waals surface area contributed by atoms with Crippen LogP contribution < -0.4 is 14.8 Å². The fourth-order valence-corrected chi connectivity index (χ4v) is 3.12. The molecule has 1 aliphatic rings. The number of benzene rings is 2. The van der Waals surface area contributed by atoms with E-state index in [1.54, 1.807) is 13.2 Å². The lowest BCUT2D eigenvalue weighted by Crippen LogP contribution is -2.31. The third-order valence-corrected chi connectivity index (χ3v) is 4.38. The van der Waals surface area contributed by atoms with Gasteiger partial charge in [0.1, 0.15) is 5.75 Å². The van der Waals surface area contributed by atoms with E-state index in [0.29, 0.717) is 0 Å². The highest BCUT2D eigenvalue weighted by Crippen LogP contribution is 2.32. The minimum absolute atomic E-state index is 0.0719. The summed E-state index contributed by atoms with van der Waals surface area (Å²) < 4.78 is 23.9. The van der Waals surface area contributed by atoms with Crippen molar-refractivity contribution in [3.8, 4) is 11.5 Å². The van der Waals surface area contributed by atoms with Crippen LogP contribution in [0.4, 0.5) is 4.39 Å². The maximum atomic E-state index is 13.8. The van der Waals surface area contributed by atoms with Crippen molar-refractivity contribution >= 4 is 5.91 Å². The van der Waals surface area contributed by atoms with E-state index in [2.05, 4.69) is 5.32 Å². The van der Waals surface area contributed by atoms with Crippen LogP contribution in [0.5, 0.6) is 11.5 Å². The first-order valence-corrected chi connectivity index (χ1v) is 7.93. The summed E-state index contributed by atoms with van der Waals surface area (Å²) in [6.45, 7) is 0. The molecular weight excluding hydrogens is 309 g/mol. The third-order valence-electron chi connectivity index (χ3n) is 4.38. The number of carbonyl (C=O) groups is 1. The smallest absolute Gasteiger partial charge is 0.251 e. The maximum absolute atomic E-state index is 13.8. The third kappa shape index (κ3) is 3.20. The first kappa shape index (κ1) is 16.3. The molecule has 2 aromatic carbocycles. The molecule has 4 nitrogen and oxygen atoms in total. The zero-order chi connectivity index (χ0) is 17.1. The molecule has 0 aromatic heterocycles. The predicted molar refractivity (Wildman–Crippen MR) is 89.1 cm³/mol. The zero-order valence-corrected chi connectivity index (χ0v) is 13.8. The van der Waals surface area contributed by atoms with Crippen LogP contribution in [0.1, 0.15) is 40.4 Å². The maximum Gasteiger partial charge on any atom is 0.251 e. The van der Waals surface area contributed by atoms with Gasteiger partial charge in [-0.15, -0.1) is 0 Å². The minimum atomic E-state index is -0.543. The largest absolute Gasteiger partial charge is 0.497 e. The summed E-state index contributed by atoms with van der Waals surface area (Å²) in [7, 11) is 3.04. The molecule has 5 heteroatoms. The van der Waals surface area contributed by atoms with Crippen molar-refractivity contribution in [3.63, 3.8) is 0 Å². The van der Waals surface area contributed by atoms with Gasteiger partial charge in [-0.25, -0.2) is 4.39 Å². The first-order chi connectivity index (χ1) is 11.6. The lowest BCUT2D eigenvalue weighted by molar-refractivity contribution is 0.0932. The molecule has 3 rings (SSSR count). The van der Waals surface area contributed by atoms with E-state index in [1.165, 1.54) is 24.8 Å². The molecule has 2 aromatic rings. The van der Waals surface area contributed by atoms with Gasteiger partial charge in [0.2, 0.25) is 0 Å². The van der Waals surface area contributed by atoms with Gasteiger partial charge in [0.25, 0.3) is 5.91 Å². The molecular formula is C19H20FNO3. The van der Waals surface area contributed by atoms with Gasteiger partial charge in [0.15, 0.2) is 11.6 Å². The van der Waals surface area contributed by atoms with E-state index in [0.717, 1.165) is 30.6 Å². The molecule has 0 heterocycles. The molecule has 0 bridgehead atoms. The van der Waals surface area contributed by atoms with E-state index >= 15 is 0 Å². The Morgan fingerprint density at radius 3 is 2.71 bits per heavy atom. The lowest BCUT2D eigenvalue weighted by Gasteiger charge is -2.27. The zero-order valence-electron chi connectivity index (χ0n) is 13.8. The number of methoxy groups -OCH3 is 2. The van der Waals surface area contributed by atoms with E-state index in [-0.39, 0.29) is 23.3 Å². The SMILES string of the molecule is COc1ccc2c(c1)CCCC2NC(=O)c1ccc(OC)c(F)c1.